The molecule has 1 fully saturated rings. The van der Waals surface area contributed by atoms with Crippen LogP contribution in [0.1, 0.15) is 17.9 Å². The van der Waals surface area contributed by atoms with Crippen molar-refractivity contribution in [1.29, 1.82) is 0 Å². The summed E-state index contributed by atoms with van der Waals surface area (Å²) in [6, 6.07) is 2.11. The first-order valence-corrected chi connectivity index (χ1v) is 6.60. The Morgan fingerprint density at radius 2 is 1.91 bits per heavy atom. The van der Waals surface area contributed by atoms with E-state index in [1.807, 2.05) is 0 Å². The average molecular weight is 314 g/mol. The maximum absolute atomic E-state index is 13.3. The van der Waals surface area contributed by atoms with Crippen LogP contribution in [0.5, 0.6) is 0 Å². The van der Waals surface area contributed by atoms with E-state index in [0.717, 1.165) is 28.2 Å². The maximum Gasteiger partial charge on any atom is 0.408 e. The Hall–Kier alpha value is -2.22. The Morgan fingerprint density at radius 1 is 1.32 bits per heavy atom. The smallest absolute Gasteiger partial charge is 0.408 e. The minimum absolute atomic E-state index is 0.00775. The van der Waals surface area contributed by atoms with E-state index in [-0.39, 0.29) is 13.0 Å². The highest BCUT2D eigenvalue weighted by Crippen LogP contribution is 2.33. The monoisotopic (exact) mass is 314 g/mol. The molecular weight excluding hydrogens is 298 g/mol. The molecule has 1 heterocycles. The average Bonchev–Trinajstić information content (AvgIpc) is 2.90. The summed E-state index contributed by atoms with van der Waals surface area (Å²) in [5.41, 5.74) is 0.333. The molecule has 1 aromatic rings. The summed E-state index contributed by atoms with van der Waals surface area (Å²) in [4.78, 5) is 29.2. The van der Waals surface area contributed by atoms with E-state index < -0.39 is 35.6 Å². The van der Waals surface area contributed by atoms with Gasteiger partial charge in [-0.3, -0.25) is 14.5 Å². The Labute approximate surface area is 125 Å². The van der Waals surface area contributed by atoms with Gasteiger partial charge in [-0.1, -0.05) is 0 Å². The van der Waals surface area contributed by atoms with Gasteiger partial charge in [-0.15, -0.1) is 0 Å². The molecule has 22 heavy (non-hydrogen) atoms. The number of carbonyl (C=O) groups excluding carboxylic acids is 1. The summed E-state index contributed by atoms with van der Waals surface area (Å²) in [7, 11) is 2.66. The Kier molecular flexibility index (Phi) is 4.60. The van der Waals surface area contributed by atoms with Crippen LogP contribution in [-0.4, -0.2) is 53.8 Å². The van der Waals surface area contributed by atoms with Gasteiger partial charge in [0, 0.05) is 25.6 Å². The van der Waals surface area contributed by atoms with Gasteiger partial charge in [-0.05, 0) is 24.1 Å². The molecule has 1 aromatic carbocycles. The highest BCUT2D eigenvalue weighted by molar-refractivity contribution is 5.85. The molecule has 0 spiro atoms. The number of halogens is 2. The highest BCUT2D eigenvalue weighted by atomic mass is 19.1. The molecule has 2 amide bonds. The number of likely N-dealkylation sites (N-methyl/N-ethyl adjacent to an activating group) is 1. The van der Waals surface area contributed by atoms with Crippen molar-refractivity contribution in [2.45, 2.75) is 18.4 Å². The van der Waals surface area contributed by atoms with Gasteiger partial charge in [0.05, 0.1) is 7.11 Å². The number of carboxylic acid groups (broad SMARTS) is 1. The molecule has 6 nitrogen and oxygen atoms in total. The summed E-state index contributed by atoms with van der Waals surface area (Å²) in [5, 5.41) is 10.2. The molecule has 0 aromatic heterocycles. The second kappa shape index (κ2) is 6.27. The molecule has 1 aliphatic heterocycles. The van der Waals surface area contributed by atoms with Gasteiger partial charge in [-0.2, -0.15) is 0 Å². The van der Waals surface area contributed by atoms with Gasteiger partial charge in [0.25, 0.3) is 5.91 Å². The molecule has 120 valence electrons. The van der Waals surface area contributed by atoms with E-state index in [9.17, 15) is 23.5 Å². The topological polar surface area (TPSA) is 70.1 Å². The molecule has 0 radical (unpaired) electrons. The number of benzene rings is 1. The lowest BCUT2D eigenvalue weighted by Crippen LogP contribution is -2.45. The van der Waals surface area contributed by atoms with Crippen molar-refractivity contribution in [2.24, 2.45) is 0 Å². The quantitative estimate of drug-likeness (QED) is 0.864. The normalized spacial score (nSPS) is 21.0. The molecular formula is C14H16F2N2O4. The lowest BCUT2D eigenvalue weighted by Gasteiger charge is -2.24. The van der Waals surface area contributed by atoms with Crippen LogP contribution in [0.3, 0.4) is 0 Å². The van der Waals surface area contributed by atoms with Crippen LogP contribution < -0.4 is 0 Å². The minimum atomic E-state index is -1.26. The lowest BCUT2D eigenvalue weighted by molar-refractivity contribution is -0.173. The fourth-order valence-electron chi connectivity index (χ4n) is 2.63. The van der Waals surface area contributed by atoms with E-state index in [1.165, 1.54) is 14.2 Å². The molecule has 8 heteroatoms. The van der Waals surface area contributed by atoms with Gasteiger partial charge in [0.2, 0.25) is 0 Å². The van der Waals surface area contributed by atoms with Gasteiger partial charge in [-0.25, -0.2) is 18.6 Å². The fourth-order valence-corrected chi connectivity index (χ4v) is 2.63. The van der Waals surface area contributed by atoms with Crippen molar-refractivity contribution in [2.75, 3.05) is 20.7 Å². The number of nitrogens with zero attached hydrogens (tertiary/aromatic N) is 2. The molecule has 2 atom stereocenters. The van der Waals surface area contributed by atoms with Crippen molar-refractivity contribution in [3.05, 3.63) is 35.4 Å². The molecule has 0 aliphatic carbocycles. The number of carbonyl (C=O) groups is 2. The Balaban J connectivity index is 2.27. The standard InChI is InChI=1S/C14H16F2N2O4/c1-17(22-2)13(19)12-5-9(7-18(12)14(20)21)8-3-10(15)6-11(16)4-8/h3-4,6,9,12H,5,7H2,1-2H3,(H,20,21)/t9-,12?/m1/s1. The molecule has 1 saturated heterocycles. The van der Waals surface area contributed by atoms with Crippen LogP contribution in [0, 0.1) is 11.6 Å². The zero-order valence-corrected chi connectivity index (χ0v) is 12.1. The summed E-state index contributed by atoms with van der Waals surface area (Å²) >= 11 is 0. The third-order valence-corrected chi connectivity index (χ3v) is 3.77. The van der Waals surface area contributed by atoms with Gasteiger partial charge in [0.15, 0.2) is 0 Å². The molecule has 1 N–H and O–H groups in total. The molecule has 0 saturated carbocycles. The summed E-state index contributed by atoms with van der Waals surface area (Å²) < 4.78 is 26.6. The van der Waals surface area contributed by atoms with Crippen LogP contribution >= 0.6 is 0 Å². The van der Waals surface area contributed by atoms with E-state index in [1.54, 1.807) is 0 Å². The third-order valence-electron chi connectivity index (χ3n) is 3.77. The number of likely N-dealkylation sites (tertiary alicyclic amines) is 1. The second-order valence-corrected chi connectivity index (χ2v) is 5.10. The highest BCUT2D eigenvalue weighted by Gasteiger charge is 2.41. The van der Waals surface area contributed by atoms with Crippen molar-refractivity contribution in [1.82, 2.24) is 9.96 Å². The first-order valence-electron chi connectivity index (χ1n) is 6.60. The molecule has 1 aliphatic rings. The van der Waals surface area contributed by atoms with Crippen molar-refractivity contribution < 1.29 is 28.3 Å². The molecule has 1 unspecified atom stereocenters. The van der Waals surface area contributed by atoms with E-state index in [0.29, 0.717) is 5.56 Å². The Morgan fingerprint density at radius 3 is 2.41 bits per heavy atom. The number of rotatable bonds is 3. The van der Waals surface area contributed by atoms with Crippen LogP contribution in [0.4, 0.5) is 13.6 Å². The summed E-state index contributed by atoms with van der Waals surface area (Å²) in [6.07, 6.45) is -1.12. The number of hydrogen-bond donors (Lipinski definition) is 1. The van der Waals surface area contributed by atoms with Gasteiger partial charge in [0.1, 0.15) is 17.7 Å². The van der Waals surface area contributed by atoms with Gasteiger partial charge >= 0.3 is 6.09 Å². The maximum atomic E-state index is 13.3. The number of amides is 2. The van der Waals surface area contributed by atoms with Crippen LogP contribution in [0.25, 0.3) is 0 Å². The zero-order valence-electron chi connectivity index (χ0n) is 12.1. The van der Waals surface area contributed by atoms with E-state index >= 15 is 0 Å². The first-order chi connectivity index (χ1) is 10.3. The van der Waals surface area contributed by atoms with Crippen LogP contribution in [-0.2, 0) is 9.63 Å². The zero-order chi connectivity index (χ0) is 16.4. The fraction of sp³-hybridized carbons (Fsp3) is 0.429. The predicted molar refractivity (Wildman–Crippen MR) is 72.0 cm³/mol. The van der Waals surface area contributed by atoms with Crippen molar-refractivity contribution in [3.8, 4) is 0 Å². The predicted octanol–water partition coefficient (Wildman–Crippen LogP) is 1.82. The minimum Gasteiger partial charge on any atom is -0.465 e. The third kappa shape index (κ3) is 3.16. The number of hydrogen-bond acceptors (Lipinski definition) is 3. The summed E-state index contributed by atoms with van der Waals surface area (Å²) in [5.74, 6) is -2.45. The van der Waals surface area contributed by atoms with E-state index in [2.05, 4.69) is 0 Å². The first kappa shape index (κ1) is 16.2. The summed E-state index contributed by atoms with van der Waals surface area (Å²) in [6.45, 7) is -0.00775. The van der Waals surface area contributed by atoms with E-state index in [4.69, 9.17) is 4.84 Å². The Bertz CT molecular complexity index is 576. The van der Waals surface area contributed by atoms with Crippen LogP contribution in [0.15, 0.2) is 18.2 Å². The largest absolute Gasteiger partial charge is 0.465 e. The molecule has 2 rings (SSSR count). The SMILES string of the molecule is CON(C)C(=O)C1C[C@@H](c2cc(F)cc(F)c2)CN1C(=O)O. The van der Waals surface area contributed by atoms with Crippen LogP contribution in [0.2, 0.25) is 0 Å². The van der Waals surface area contributed by atoms with Crippen molar-refractivity contribution in [3.63, 3.8) is 0 Å². The van der Waals surface area contributed by atoms with Crippen molar-refractivity contribution >= 4 is 12.0 Å². The van der Waals surface area contributed by atoms with Gasteiger partial charge < -0.3 is 5.11 Å². The molecule has 0 bridgehead atoms. The number of hydroxylamine groups is 2. The second-order valence-electron chi connectivity index (χ2n) is 5.10. The lowest BCUT2D eigenvalue weighted by atomic mass is 9.96.